The molecule has 0 aliphatic heterocycles. The highest BCUT2D eigenvalue weighted by atomic mass is 16.6. The molecule has 2 aromatic rings. The Morgan fingerprint density at radius 3 is 2.81 bits per heavy atom. The maximum Gasteiger partial charge on any atom is 0.433 e. The molecule has 0 amide bonds. The molecular weight excluding hydrogens is 210 g/mol. The standard InChI is InChI=1S/C10H7N3O3/c14-13(15)10-4-3-9(16-10)2-1-8-5-6-11-7-12-8/h1-7H/b2-1+. The molecule has 0 atom stereocenters. The molecule has 6 nitrogen and oxygen atoms in total. The van der Waals surface area contributed by atoms with Crippen LogP contribution in [0.25, 0.3) is 12.2 Å². The van der Waals surface area contributed by atoms with Crippen LogP contribution in [0, 0.1) is 10.1 Å². The first-order valence-corrected chi connectivity index (χ1v) is 4.44. The van der Waals surface area contributed by atoms with Gasteiger partial charge in [-0.3, -0.25) is 10.1 Å². The summed E-state index contributed by atoms with van der Waals surface area (Å²) in [6.07, 6.45) is 6.32. The van der Waals surface area contributed by atoms with Gasteiger partial charge in [0, 0.05) is 6.20 Å². The van der Waals surface area contributed by atoms with Gasteiger partial charge in [0.25, 0.3) is 0 Å². The fraction of sp³-hybridized carbons (Fsp3) is 0. The lowest BCUT2D eigenvalue weighted by molar-refractivity contribution is -0.402. The van der Waals surface area contributed by atoms with Gasteiger partial charge in [0.2, 0.25) is 0 Å². The molecular formula is C10H7N3O3. The summed E-state index contributed by atoms with van der Waals surface area (Å²) in [4.78, 5) is 17.5. The van der Waals surface area contributed by atoms with Crippen molar-refractivity contribution in [1.82, 2.24) is 9.97 Å². The molecule has 2 aromatic heterocycles. The summed E-state index contributed by atoms with van der Waals surface area (Å²) in [5, 5.41) is 10.4. The lowest BCUT2D eigenvalue weighted by Gasteiger charge is -1.88. The van der Waals surface area contributed by atoms with Crippen LogP contribution >= 0.6 is 0 Å². The van der Waals surface area contributed by atoms with Crippen LogP contribution in [-0.2, 0) is 0 Å². The first-order valence-electron chi connectivity index (χ1n) is 4.44. The van der Waals surface area contributed by atoms with Gasteiger partial charge in [-0.05, 0) is 24.3 Å². The van der Waals surface area contributed by atoms with E-state index in [2.05, 4.69) is 9.97 Å². The Kier molecular flexibility index (Phi) is 2.73. The average molecular weight is 217 g/mol. The maximum absolute atomic E-state index is 10.4. The molecule has 0 unspecified atom stereocenters. The fourth-order valence-electron chi connectivity index (χ4n) is 1.10. The van der Waals surface area contributed by atoms with Crippen LogP contribution in [0.1, 0.15) is 11.5 Å². The van der Waals surface area contributed by atoms with Crippen molar-refractivity contribution in [2.24, 2.45) is 0 Å². The monoisotopic (exact) mass is 217 g/mol. The SMILES string of the molecule is O=[N+]([O-])c1ccc(/C=C/c2ccncn2)o1. The fourth-order valence-corrected chi connectivity index (χ4v) is 1.10. The van der Waals surface area contributed by atoms with Gasteiger partial charge in [0.1, 0.15) is 17.0 Å². The molecule has 0 aliphatic carbocycles. The number of furan rings is 1. The van der Waals surface area contributed by atoms with E-state index in [-0.39, 0.29) is 5.88 Å². The average Bonchev–Trinajstić information content (AvgIpc) is 2.76. The van der Waals surface area contributed by atoms with Gasteiger partial charge in [-0.15, -0.1) is 0 Å². The van der Waals surface area contributed by atoms with Crippen LogP contribution in [0.3, 0.4) is 0 Å². The second-order valence-corrected chi connectivity index (χ2v) is 2.90. The van der Waals surface area contributed by atoms with Gasteiger partial charge in [-0.25, -0.2) is 9.97 Å². The molecule has 0 radical (unpaired) electrons. The smallest absolute Gasteiger partial charge is 0.401 e. The van der Waals surface area contributed by atoms with Gasteiger partial charge in [-0.1, -0.05) is 0 Å². The summed E-state index contributed by atoms with van der Waals surface area (Å²) in [7, 11) is 0. The Balaban J connectivity index is 2.15. The van der Waals surface area contributed by atoms with Crippen LogP contribution in [0.4, 0.5) is 5.88 Å². The van der Waals surface area contributed by atoms with Crippen molar-refractivity contribution < 1.29 is 9.34 Å². The van der Waals surface area contributed by atoms with Crippen molar-refractivity contribution >= 4 is 18.0 Å². The highest BCUT2D eigenvalue weighted by Crippen LogP contribution is 2.17. The maximum atomic E-state index is 10.4. The third-order valence-corrected chi connectivity index (χ3v) is 1.82. The zero-order valence-electron chi connectivity index (χ0n) is 8.11. The molecule has 0 N–H and O–H groups in total. The van der Waals surface area contributed by atoms with Crippen molar-refractivity contribution in [1.29, 1.82) is 0 Å². The van der Waals surface area contributed by atoms with Crippen molar-refractivity contribution in [2.45, 2.75) is 0 Å². The van der Waals surface area contributed by atoms with E-state index >= 15 is 0 Å². The molecule has 0 spiro atoms. The number of nitro groups is 1. The molecule has 0 saturated heterocycles. The van der Waals surface area contributed by atoms with Gasteiger partial charge >= 0.3 is 5.88 Å². The van der Waals surface area contributed by atoms with Gasteiger partial charge in [-0.2, -0.15) is 0 Å². The van der Waals surface area contributed by atoms with E-state index in [0.717, 1.165) is 0 Å². The van der Waals surface area contributed by atoms with Crippen LogP contribution in [0.2, 0.25) is 0 Å². The van der Waals surface area contributed by atoms with E-state index in [1.54, 1.807) is 24.4 Å². The van der Waals surface area contributed by atoms with Crippen molar-refractivity contribution in [3.05, 3.63) is 52.3 Å². The Morgan fingerprint density at radius 1 is 1.31 bits per heavy atom. The summed E-state index contributed by atoms with van der Waals surface area (Å²) in [5.41, 5.74) is 0.703. The predicted molar refractivity (Wildman–Crippen MR) is 56.3 cm³/mol. The molecule has 0 bridgehead atoms. The molecule has 2 rings (SSSR count). The number of hydrogen-bond donors (Lipinski definition) is 0. The van der Waals surface area contributed by atoms with Crippen LogP contribution in [0.15, 0.2) is 35.1 Å². The van der Waals surface area contributed by atoms with Gasteiger partial charge < -0.3 is 4.42 Å². The van der Waals surface area contributed by atoms with Crippen LogP contribution in [0.5, 0.6) is 0 Å². The summed E-state index contributed by atoms with van der Waals surface area (Å²) in [6.45, 7) is 0. The Labute approximate surface area is 90.4 Å². The number of hydrogen-bond acceptors (Lipinski definition) is 5. The van der Waals surface area contributed by atoms with E-state index in [4.69, 9.17) is 4.42 Å². The zero-order chi connectivity index (χ0) is 11.4. The quantitative estimate of drug-likeness (QED) is 0.581. The van der Waals surface area contributed by atoms with E-state index in [0.29, 0.717) is 11.5 Å². The second-order valence-electron chi connectivity index (χ2n) is 2.90. The predicted octanol–water partition coefficient (Wildman–Crippen LogP) is 2.15. The molecule has 16 heavy (non-hydrogen) atoms. The number of rotatable bonds is 3. The third-order valence-electron chi connectivity index (χ3n) is 1.82. The first kappa shape index (κ1) is 10.0. The summed E-state index contributed by atoms with van der Waals surface area (Å²) >= 11 is 0. The Morgan fingerprint density at radius 2 is 2.19 bits per heavy atom. The van der Waals surface area contributed by atoms with E-state index in [1.165, 1.54) is 18.5 Å². The van der Waals surface area contributed by atoms with E-state index in [1.807, 2.05) is 0 Å². The minimum Gasteiger partial charge on any atom is -0.401 e. The van der Waals surface area contributed by atoms with E-state index < -0.39 is 4.92 Å². The number of nitrogens with zero attached hydrogens (tertiary/aromatic N) is 3. The summed E-state index contributed by atoms with van der Waals surface area (Å²) < 4.78 is 4.94. The Hall–Kier alpha value is -2.50. The topological polar surface area (TPSA) is 82.1 Å². The molecule has 0 aromatic carbocycles. The lowest BCUT2D eigenvalue weighted by atomic mass is 10.3. The van der Waals surface area contributed by atoms with Crippen LogP contribution in [-0.4, -0.2) is 14.9 Å². The molecule has 0 saturated carbocycles. The molecule has 0 aliphatic rings. The highest BCUT2D eigenvalue weighted by Gasteiger charge is 2.09. The normalized spacial score (nSPS) is 10.8. The minimum atomic E-state index is -0.581. The highest BCUT2D eigenvalue weighted by molar-refractivity contribution is 5.65. The van der Waals surface area contributed by atoms with Gasteiger partial charge in [0.15, 0.2) is 0 Å². The minimum absolute atomic E-state index is 0.276. The van der Waals surface area contributed by atoms with Gasteiger partial charge in [0.05, 0.1) is 11.8 Å². The third kappa shape index (κ3) is 2.30. The number of aromatic nitrogens is 2. The first-order chi connectivity index (χ1) is 7.75. The van der Waals surface area contributed by atoms with Crippen molar-refractivity contribution in [3.8, 4) is 0 Å². The summed E-state index contributed by atoms with van der Waals surface area (Å²) in [6, 6.07) is 4.54. The largest absolute Gasteiger partial charge is 0.433 e. The van der Waals surface area contributed by atoms with Crippen molar-refractivity contribution in [2.75, 3.05) is 0 Å². The van der Waals surface area contributed by atoms with Crippen molar-refractivity contribution in [3.63, 3.8) is 0 Å². The lowest BCUT2D eigenvalue weighted by Crippen LogP contribution is -1.82. The van der Waals surface area contributed by atoms with Crippen LogP contribution < -0.4 is 0 Å². The second kappa shape index (κ2) is 4.35. The van der Waals surface area contributed by atoms with E-state index in [9.17, 15) is 10.1 Å². The Bertz CT molecular complexity index is 519. The molecule has 6 heteroatoms. The molecule has 2 heterocycles. The summed E-state index contributed by atoms with van der Waals surface area (Å²) in [5.74, 6) is 0.132. The molecule has 80 valence electrons. The zero-order valence-corrected chi connectivity index (χ0v) is 8.11. The molecule has 0 fully saturated rings.